The summed E-state index contributed by atoms with van der Waals surface area (Å²) in [6, 6.07) is 7.15. The zero-order chi connectivity index (χ0) is 12.3. The zero-order valence-corrected chi connectivity index (χ0v) is 10.1. The van der Waals surface area contributed by atoms with Crippen molar-refractivity contribution in [1.29, 1.82) is 0 Å². The van der Waals surface area contributed by atoms with Crippen molar-refractivity contribution in [3.8, 4) is 0 Å². The Hall–Kier alpha value is -1.79. The fourth-order valence-corrected chi connectivity index (χ4v) is 1.53. The molecular formula is C10H7ClN4OS. The van der Waals surface area contributed by atoms with Crippen molar-refractivity contribution in [3.63, 3.8) is 0 Å². The molecule has 2 rings (SSSR count). The minimum Gasteiger partial charge on any atom is -0.265 e. The third-order valence-electron chi connectivity index (χ3n) is 1.95. The van der Waals surface area contributed by atoms with E-state index in [1.165, 1.54) is 6.21 Å². The topological polar surface area (TPSA) is 63.0 Å². The van der Waals surface area contributed by atoms with E-state index in [2.05, 4.69) is 15.3 Å². The summed E-state index contributed by atoms with van der Waals surface area (Å²) >= 11 is 10.8. The quantitative estimate of drug-likeness (QED) is 0.666. The Kier molecular flexibility index (Phi) is 3.46. The van der Waals surface area contributed by atoms with E-state index in [1.54, 1.807) is 12.1 Å². The number of rotatable bonds is 2. The molecule has 0 unspecified atom stereocenters. The van der Waals surface area contributed by atoms with Crippen LogP contribution in [0.1, 0.15) is 5.56 Å². The molecule has 0 aliphatic heterocycles. The molecule has 0 saturated carbocycles. The zero-order valence-electron chi connectivity index (χ0n) is 8.50. The number of nitrogens with one attached hydrogen (secondary N) is 1. The van der Waals surface area contributed by atoms with E-state index in [1.807, 2.05) is 12.1 Å². The molecule has 0 fully saturated rings. The second-order valence-corrected chi connectivity index (χ2v) is 3.89. The molecule has 0 amide bonds. The van der Waals surface area contributed by atoms with Crippen LogP contribution in [-0.2, 0) is 0 Å². The maximum Gasteiger partial charge on any atom is 0.293 e. The molecule has 86 valence electrons. The van der Waals surface area contributed by atoms with E-state index in [-0.39, 0.29) is 4.77 Å². The first-order valence-electron chi connectivity index (χ1n) is 4.64. The first-order valence-corrected chi connectivity index (χ1v) is 5.43. The molecule has 2 aromatic rings. The molecule has 0 spiro atoms. The van der Waals surface area contributed by atoms with Gasteiger partial charge in [0.1, 0.15) is 6.20 Å². The van der Waals surface area contributed by atoms with Crippen LogP contribution < -0.4 is 5.56 Å². The second kappa shape index (κ2) is 5.03. The second-order valence-electron chi connectivity index (χ2n) is 3.09. The van der Waals surface area contributed by atoms with Crippen LogP contribution in [0.25, 0.3) is 0 Å². The van der Waals surface area contributed by atoms with E-state index in [0.717, 1.165) is 10.9 Å². The van der Waals surface area contributed by atoms with Crippen molar-refractivity contribution in [3.05, 3.63) is 56.2 Å². The number of nitrogens with zero attached hydrogens (tertiary/aromatic N) is 3. The van der Waals surface area contributed by atoms with Gasteiger partial charge in [-0.1, -0.05) is 29.8 Å². The van der Waals surface area contributed by atoms with Gasteiger partial charge in [-0.3, -0.25) is 9.89 Å². The Morgan fingerprint density at radius 2 is 2.24 bits per heavy atom. The highest BCUT2D eigenvalue weighted by Gasteiger charge is 1.97. The summed E-state index contributed by atoms with van der Waals surface area (Å²) in [5, 5.41) is 10.5. The van der Waals surface area contributed by atoms with Crippen molar-refractivity contribution in [2.75, 3.05) is 0 Å². The highest BCUT2D eigenvalue weighted by molar-refractivity contribution is 7.71. The maximum absolute atomic E-state index is 11.4. The van der Waals surface area contributed by atoms with Crippen LogP contribution in [0.5, 0.6) is 0 Å². The fraction of sp³-hybridized carbons (Fsp3) is 0. The normalized spacial score (nSPS) is 10.9. The highest BCUT2D eigenvalue weighted by atomic mass is 35.5. The van der Waals surface area contributed by atoms with Crippen molar-refractivity contribution in [2.45, 2.75) is 0 Å². The summed E-state index contributed by atoms with van der Waals surface area (Å²) < 4.78 is 1.16. The third-order valence-corrected chi connectivity index (χ3v) is 2.56. The molecule has 1 heterocycles. The van der Waals surface area contributed by atoms with Gasteiger partial charge in [-0.05, 0) is 18.3 Å². The summed E-state index contributed by atoms with van der Waals surface area (Å²) in [5.74, 6) is 0. The van der Waals surface area contributed by atoms with Gasteiger partial charge in [-0.15, -0.1) is 0 Å². The fourth-order valence-electron chi connectivity index (χ4n) is 1.15. The Morgan fingerprint density at radius 1 is 1.47 bits per heavy atom. The van der Waals surface area contributed by atoms with E-state index in [0.29, 0.717) is 10.6 Å². The van der Waals surface area contributed by atoms with Gasteiger partial charge in [0.25, 0.3) is 5.56 Å². The Balaban J connectivity index is 2.43. The van der Waals surface area contributed by atoms with Crippen LogP contribution in [0.4, 0.5) is 0 Å². The molecule has 7 heteroatoms. The molecule has 0 atom stereocenters. The highest BCUT2D eigenvalue weighted by Crippen LogP contribution is 2.12. The summed E-state index contributed by atoms with van der Waals surface area (Å²) in [5.41, 5.74) is 0.296. The van der Waals surface area contributed by atoms with Crippen molar-refractivity contribution in [1.82, 2.24) is 14.9 Å². The Bertz CT molecular complexity index is 648. The Labute approximate surface area is 106 Å². The summed E-state index contributed by atoms with van der Waals surface area (Å²) in [6.45, 7) is 0. The van der Waals surface area contributed by atoms with Gasteiger partial charge in [-0.25, -0.2) is 0 Å². The lowest BCUT2D eigenvalue weighted by molar-refractivity contribution is 0.738. The number of hydrogen-bond acceptors (Lipinski definition) is 4. The lowest BCUT2D eigenvalue weighted by Gasteiger charge is -1.98. The summed E-state index contributed by atoms with van der Waals surface area (Å²) in [7, 11) is 0. The lowest BCUT2D eigenvalue weighted by Crippen LogP contribution is -2.18. The number of halogens is 1. The molecular weight excluding hydrogens is 260 g/mol. The van der Waals surface area contributed by atoms with E-state index in [9.17, 15) is 4.79 Å². The molecule has 1 aromatic heterocycles. The molecule has 1 N–H and O–H groups in total. The van der Waals surface area contributed by atoms with Crippen LogP contribution in [0, 0.1) is 4.77 Å². The van der Waals surface area contributed by atoms with Gasteiger partial charge in [0, 0.05) is 10.6 Å². The average Bonchev–Trinajstić information content (AvgIpc) is 2.30. The van der Waals surface area contributed by atoms with Gasteiger partial charge in [-0.2, -0.15) is 14.9 Å². The summed E-state index contributed by atoms with van der Waals surface area (Å²) in [6.07, 6.45) is 2.56. The molecule has 0 bridgehead atoms. The van der Waals surface area contributed by atoms with E-state index >= 15 is 0 Å². The van der Waals surface area contributed by atoms with Gasteiger partial charge in [0.2, 0.25) is 4.77 Å². The molecule has 0 aliphatic carbocycles. The van der Waals surface area contributed by atoms with Gasteiger partial charge < -0.3 is 0 Å². The molecule has 17 heavy (non-hydrogen) atoms. The molecule has 0 saturated heterocycles. The van der Waals surface area contributed by atoms with E-state index < -0.39 is 5.56 Å². The number of aromatic nitrogens is 3. The number of H-pyrrole nitrogens is 1. The maximum atomic E-state index is 11.4. The van der Waals surface area contributed by atoms with Crippen molar-refractivity contribution in [2.24, 2.45) is 5.10 Å². The lowest BCUT2D eigenvalue weighted by atomic mass is 10.2. The first kappa shape index (κ1) is 11.7. The summed E-state index contributed by atoms with van der Waals surface area (Å²) in [4.78, 5) is 11.4. The molecule has 1 aromatic carbocycles. The minimum absolute atomic E-state index is 0.126. The van der Waals surface area contributed by atoms with Gasteiger partial charge in [0.15, 0.2) is 0 Å². The Morgan fingerprint density at radius 3 is 2.94 bits per heavy atom. The van der Waals surface area contributed by atoms with Crippen LogP contribution in [0.3, 0.4) is 0 Å². The SMILES string of the molecule is O=c1cn[nH]c(=S)n1/N=C\c1ccccc1Cl. The number of benzene rings is 1. The first-order chi connectivity index (χ1) is 8.18. The van der Waals surface area contributed by atoms with Crippen LogP contribution >= 0.6 is 23.8 Å². The predicted molar refractivity (Wildman–Crippen MR) is 68.1 cm³/mol. The van der Waals surface area contributed by atoms with Gasteiger partial charge >= 0.3 is 0 Å². The van der Waals surface area contributed by atoms with Crippen molar-refractivity contribution >= 4 is 30.0 Å². The molecule has 0 radical (unpaired) electrons. The van der Waals surface area contributed by atoms with Crippen LogP contribution in [0.2, 0.25) is 5.02 Å². The molecule has 0 aliphatic rings. The average molecular weight is 267 g/mol. The van der Waals surface area contributed by atoms with Crippen molar-refractivity contribution < 1.29 is 0 Å². The standard InChI is InChI=1S/C10H7ClN4OS/c11-8-4-2-1-3-7(8)5-13-15-9(16)6-12-14-10(15)17/h1-6H,(H,14,17)/b13-5-. The molecule has 5 nitrogen and oxygen atoms in total. The smallest absolute Gasteiger partial charge is 0.265 e. The van der Waals surface area contributed by atoms with Crippen LogP contribution in [0.15, 0.2) is 40.4 Å². The van der Waals surface area contributed by atoms with Gasteiger partial charge in [0.05, 0.1) is 6.21 Å². The third kappa shape index (κ3) is 2.66. The van der Waals surface area contributed by atoms with Crippen LogP contribution in [-0.4, -0.2) is 21.1 Å². The minimum atomic E-state index is -0.406. The monoisotopic (exact) mass is 266 g/mol. The van der Waals surface area contributed by atoms with E-state index in [4.69, 9.17) is 23.8 Å². The number of hydrogen-bond donors (Lipinski definition) is 1. The number of aromatic amines is 1. The largest absolute Gasteiger partial charge is 0.293 e. The predicted octanol–water partition coefficient (Wildman–Crippen LogP) is 1.84.